The molecule has 0 aliphatic heterocycles. The Kier molecular flexibility index (Phi) is 7.84. The van der Waals surface area contributed by atoms with E-state index in [-0.39, 0.29) is 11.5 Å². The van der Waals surface area contributed by atoms with E-state index in [1.165, 1.54) is 16.9 Å². The third kappa shape index (κ3) is 5.66. The smallest absolute Gasteiger partial charge is 0.259 e. The standard InChI is InChI=1S/C25H28N4O2S2/c1-2-12-29(15-18-9-7-17(14-26)8-10-18)22(30)11-13-32-16-21-27-24(31)23-19-5-3-4-6-20(19)33-25(23)28-21/h7-10H,2-6,11-13,15-16H2,1H3,(H,27,28,31). The number of aromatic amines is 1. The van der Waals surface area contributed by atoms with Gasteiger partial charge in [0, 0.05) is 30.1 Å². The van der Waals surface area contributed by atoms with Gasteiger partial charge in [-0.15, -0.1) is 11.3 Å². The highest BCUT2D eigenvalue weighted by atomic mass is 32.2. The van der Waals surface area contributed by atoms with Crippen molar-refractivity contribution < 1.29 is 4.79 Å². The second kappa shape index (κ2) is 11.0. The minimum absolute atomic E-state index is 0.0254. The van der Waals surface area contributed by atoms with Gasteiger partial charge >= 0.3 is 0 Å². The van der Waals surface area contributed by atoms with Crippen LogP contribution in [0.5, 0.6) is 0 Å². The van der Waals surface area contributed by atoms with Crippen molar-refractivity contribution in [3.05, 3.63) is 62.0 Å². The Morgan fingerprint density at radius 1 is 1.27 bits per heavy atom. The average molecular weight is 481 g/mol. The van der Waals surface area contributed by atoms with Crippen LogP contribution < -0.4 is 5.56 Å². The van der Waals surface area contributed by atoms with Crippen LogP contribution in [-0.4, -0.2) is 33.1 Å². The highest BCUT2D eigenvalue weighted by molar-refractivity contribution is 7.98. The third-order valence-corrected chi connectivity index (χ3v) is 8.03. The molecular weight excluding hydrogens is 452 g/mol. The van der Waals surface area contributed by atoms with Crippen LogP contribution >= 0.6 is 23.1 Å². The average Bonchev–Trinajstić information content (AvgIpc) is 3.21. The molecule has 0 bridgehead atoms. The highest BCUT2D eigenvalue weighted by Crippen LogP contribution is 2.33. The van der Waals surface area contributed by atoms with E-state index >= 15 is 0 Å². The lowest BCUT2D eigenvalue weighted by Crippen LogP contribution is -2.31. The molecule has 0 fully saturated rings. The van der Waals surface area contributed by atoms with Crippen LogP contribution in [0.1, 0.15) is 60.0 Å². The first-order valence-corrected chi connectivity index (χ1v) is 13.4. The Morgan fingerprint density at radius 3 is 2.82 bits per heavy atom. The molecule has 33 heavy (non-hydrogen) atoms. The molecule has 0 saturated carbocycles. The van der Waals surface area contributed by atoms with Gasteiger partial charge in [0.1, 0.15) is 10.7 Å². The molecule has 0 radical (unpaired) electrons. The molecule has 2 heterocycles. The van der Waals surface area contributed by atoms with Gasteiger partial charge in [-0.1, -0.05) is 19.1 Å². The quantitative estimate of drug-likeness (QED) is 0.445. The van der Waals surface area contributed by atoms with Crippen LogP contribution in [0.2, 0.25) is 0 Å². The van der Waals surface area contributed by atoms with Gasteiger partial charge in [-0.25, -0.2) is 4.98 Å². The molecule has 0 atom stereocenters. The molecule has 1 aromatic carbocycles. The van der Waals surface area contributed by atoms with Crippen LogP contribution in [0.15, 0.2) is 29.1 Å². The fraction of sp³-hybridized carbons (Fsp3) is 0.440. The summed E-state index contributed by atoms with van der Waals surface area (Å²) in [5, 5.41) is 9.74. The lowest BCUT2D eigenvalue weighted by atomic mass is 9.97. The van der Waals surface area contributed by atoms with E-state index in [4.69, 9.17) is 10.2 Å². The van der Waals surface area contributed by atoms with E-state index < -0.39 is 0 Å². The molecule has 4 rings (SSSR count). The zero-order valence-corrected chi connectivity index (χ0v) is 20.5. The van der Waals surface area contributed by atoms with Crippen molar-refractivity contribution in [2.24, 2.45) is 0 Å². The summed E-state index contributed by atoms with van der Waals surface area (Å²) in [4.78, 5) is 37.2. The predicted molar refractivity (Wildman–Crippen MR) is 135 cm³/mol. The van der Waals surface area contributed by atoms with E-state index in [0.717, 1.165) is 41.5 Å². The van der Waals surface area contributed by atoms with Gasteiger partial charge in [0.15, 0.2) is 0 Å². The third-order valence-electron chi connectivity index (χ3n) is 5.88. The maximum absolute atomic E-state index is 12.8. The predicted octanol–water partition coefficient (Wildman–Crippen LogP) is 4.80. The number of aryl methyl sites for hydroxylation is 2. The molecule has 1 amide bonds. The topological polar surface area (TPSA) is 89.8 Å². The first-order chi connectivity index (χ1) is 16.1. The molecule has 1 aliphatic rings. The number of thioether (sulfide) groups is 1. The summed E-state index contributed by atoms with van der Waals surface area (Å²) < 4.78 is 0. The van der Waals surface area contributed by atoms with Crippen molar-refractivity contribution in [2.45, 2.75) is 57.7 Å². The zero-order chi connectivity index (χ0) is 23.2. The number of H-pyrrole nitrogens is 1. The number of nitrogens with one attached hydrogen (secondary N) is 1. The van der Waals surface area contributed by atoms with Gasteiger partial charge in [0.25, 0.3) is 5.56 Å². The molecule has 1 N–H and O–H groups in total. The van der Waals surface area contributed by atoms with E-state index in [0.29, 0.717) is 42.4 Å². The van der Waals surface area contributed by atoms with Crippen molar-refractivity contribution in [3.8, 4) is 6.07 Å². The van der Waals surface area contributed by atoms with Crippen molar-refractivity contribution in [2.75, 3.05) is 12.3 Å². The number of amides is 1. The summed E-state index contributed by atoms with van der Waals surface area (Å²) in [6, 6.07) is 9.50. The van der Waals surface area contributed by atoms with Crippen LogP contribution in [0.3, 0.4) is 0 Å². The summed E-state index contributed by atoms with van der Waals surface area (Å²) in [5.74, 6) is 2.07. The van der Waals surface area contributed by atoms with Gasteiger partial charge in [-0.3, -0.25) is 9.59 Å². The van der Waals surface area contributed by atoms with Crippen molar-refractivity contribution in [1.29, 1.82) is 5.26 Å². The Hall–Kier alpha value is -2.63. The number of nitrogens with zero attached hydrogens (tertiary/aromatic N) is 3. The number of carbonyl (C=O) groups excluding carboxylic acids is 1. The first-order valence-electron chi connectivity index (χ1n) is 11.5. The number of hydrogen-bond donors (Lipinski definition) is 1. The summed E-state index contributed by atoms with van der Waals surface area (Å²) in [5.41, 5.74) is 2.83. The number of hydrogen-bond acceptors (Lipinski definition) is 6. The molecule has 0 spiro atoms. The van der Waals surface area contributed by atoms with Crippen LogP contribution in [0.25, 0.3) is 10.2 Å². The molecule has 3 aromatic rings. The zero-order valence-electron chi connectivity index (χ0n) is 18.9. The second-order valence-corrected chi connectivity index (χ2v) is 10.5. The Morgan fingerprint density at radius 2 is 2.06 bits per heavy atom. The minimum Gasteiger partial charge on any atom is -0.338 e. The monoisotopic (exact) mass is 480 g/mol. The van der Waals surface area contributed by atoms with E-state index in [9.17, 15) is 9.59 Å². The van der Waals surface area contributed by atoms with E-state index in [1.54, 1.807) is 35.2 Å². The Labute approximate surface area is 202 Å². The molecule has 172 valence electrons. The molecule has 6 nitrogen and oxygen atoms in total. The summed E-state index contributed by atoms with van der Waals surface area (Å²) in [6.07, 6.45) is 5.70. The molecule has 8 heteroatoms. The maximum atomic E-state index is 12.8. The summed E-state index contributed by atoms with van der Waals surface area (Å²) in [7, 11) is 0. The number of carbonyl (C=O) groups is 1. The minimum atomic E-state index is -0.0254. The van der Waals surface area contributed by atoms with E-state index in [1.807, 2.05) is 17.0 Å². The number of fused-ring (bicyclic) bond motifs is 3. The van der Waals surface area contributed by atoms with Gasteiger partial charge in [-0.05, 0) is 55.4 Å². The van der Waals surface area contributed by atoms with E-state index in [2.05, 4.69) is 18.0 Å². The van der Waals surface area contributed by atoms with Crippen LogP contribution in [-0.2, 0) is 29.9 Å². The fourth-order valence-corrected chi connectivity index (χ4v) is 6.30. The lowest BCUT2D eigenvalue weighted by Gasteiger charge is -2.22. The number of benzene rings is 1. The summed E-state index contributed by atoms with van der Waals surface area (Å²) in [6.45, 7) is 3.32. The van der Waals surface area contributed by atoms with Gasteiger partial charge in [-0.2, -0.15) is 17.0 Å². The maximum Gasteiger partial charge on any atom is 0.259 e. The number of aromatic nitrogens is 2. The normalized spacial score (nSPS) is 13.0. The Balaban J connectivity index is 1.32. The number of thiophene rings is 1. The molecule has 2 aromatic heterocycles. The number of nitriles is 1. The number of rotatable bonds is 9. The highest BCUT2D eigenvalue weighted by Gasteiger charge is 2.20. The van der Waals surface area contributed by atoms with Crippen LogP contribution in [0.4, 0.5) is 0 Å². The van der Waals surface area contributed by atoms with Gasteiger partial charge in [0.05, 0.1) is 22.8 Å². The summed E-state index contributed by atoms with van der Waals surface area (Å²) >= 11 is 3.29. The van der Waals surface area contributed by atoms with Gasteiger partial charge < -0.3 is 9.88 Å². The SMILES string of the molecule is CCCN(Cc1ccc(C#N)cc1)C(=O)CCSCc1nc2sc3c(c2c(=O)[nH]1)CCCC3. The molecular formula is C25H28N4O2S2. The molecule has 0 unspecified atom stereocenters. The second-order valence-electron chi connectivity index (χ2n) is 8.33. The van der Waals surface area contributed by atoms with Crippen molar-refractivity contribution in [1.82, 2.24) is 14.9 Å². The first kappa shape index (κ1) is 23.5. The van der Waals surface area contributed by atoms with Crippen LogP contribution in [0, 0.1) is 11.3 Å². The fourth-order valence-electron chi connectivity index (χ4n) is 4.23. The Bertz CT molecular complexity index is 1220. The van der Waals surface area contributed by atoms with Crippen molar-refractivity contribution >= 4 is 39.2 Å². The van der Waals surface area contributed by atoms with Gasteiger partial charge in [0.2, 0.25) is 5.91 Å². The molecule has 1 aliphatic carbocycles. The lowest BCUT2D eigenvalue weighted by molar-refractivity contribution is -0.131. The molecule has 0 saturated heterocycles. The largest absolute Gasteiger partial charge is 0.338 e. The van der Waals surface area contributed by atoms with Crippen molar-refractivity contribution in [3.63, 3.8) is 0 Å².